The molecular formula is C83H162O17P2. The van der Waals surface area contributed by atoms with E-state index in [9.17, 15) is 43.2 Å². The summed E-state index contributed by atoms with van der Waals surface area (Å²) >= 11 is 0. The van der Waals surface area contributed by atoms with Crippen molar-refractivity contribution < 1.29 is 80.2 Å². The summed E-state index contributed by atoms with van der Waals surface area (Å²) in [6.45, 7) is 5.05. The van der Waals surface area contributed by atoms with E-state index in [4.69, 9.17) is 37.0 Å². The molecule has 0 aromatic carbocycles. The zero-order valence-electron chi connectivity index (χ0n) is 66.6. The summed E-state index contributed by atoms with van der Waals surface area (Å²) in [5.41, 5.74) is 0. The number of hydrogen-bond acceptors (Lipinski definition) is 15. The third-order valence-electron chi connectivity index (χ3n) is 19.6. The van der Waals surface area contributed by atoms with Crippen molar-refractivity contribution in [2.24, 2.45) is 0 Å². The highest BCUT2D eigenvalue weighted by molar-refractivity contribution is 7.47. The molecular weight excluding hydrogens is 1330 g/mol. The molecule has 0 saturated carbocycles. The molecule has 0 aromatic heterocycles. The van der Waals surface area contributed by atoms with E-state index in [1.165, 1.54) is 283 Å². The SMILES string of the molecule is CCCCCCCCCCCCCCCCCCCCCCCC(=O)O[C@H](COC(=O)CCCCCCCCCCCCCCCC)COP(=O)(O)OC[C@@H](O)COP(=O)(O)OC[C@@H](COC(=O)CCCCCCCCCCCCCCC)OC(=O)CCCCCCCCCCCCCCCC. The van der Waals surface area contributed by atoms with Gasteiger partial charge in [0.1, 0.15) is 19.3 Å². The maximum atomic E-state index is 13.1. The number of aliphatic hydroxyl groups is 1. The predicted octanol–water partition coefficient (Wildman–Crippen LogP) is 25.4. The fraction of sp³-hybridized carbons (Fsp3) is 0.952. The van der Waals surface area contributed by atoms with Gasteiger partial charge >= 0.3 is 39.5 Å². The molecule has 0 radical (unpaired) electrons. The van der Waals surface area contributed by atoms with Crippen LogP contribution in [0.5, 0.6) is 0 Å². The van der Waals surface area contributed by atoms with Gasteiger partial charge in [0.05, 0.1) is 26.4 Å². The van der Waals surface area contributed by atoms with Crippen LogP contribution in [0.25, 0.3) is 0 Å². The van der Waals surface area contributed by atoms with Crippen LogP contribution in [0.2, 0.25) is 0 Å². The van der Waals surface area contributed by atoms with Crippen molar-refractivity contribution >= 4 is 39.5 Å². The second kappa shape index (κ2) is 77.2. The van der Waals surface area contributed by atoms with E-state index in [0.29, 0.717) is 25.7 Å². The van der Waals surface area contributed by atoms with Crippen molar-refractivity contribution in [3.05, 3.63) is 0 Å². The first kappa shape index (κ1) is 100. The van der Waals surface area contributed by atoms with Gasteiger partial charge in [-0.3, -0.25) is 37.3 Å². The summed E-state index contributed by atoms with van der Waals surface area (Å²) in [5.74, 6) is -2.10. The van der Waals surface area contributed by atoms with Gasteiger partial charge in [0.25, 0.3) is 0 Å². The first-order chi connectivity index (χ1) is 49.7. The number of phosphoric ester groups is 2. The average molecular weight is 1490 g/mol. The molecule has 17 nitrogen and oxygen atoms in total. The number of phosphoric acid groups is 2. The Labute approximate surface area is 626 Å². The van der Waals surface area contributed by atoms with Crippen molar-refractivity contribution in [2.45, 2.75) is 470 Å². The molecule has 0 aliphatic rings. The second-order valence-corrected chi connectivity index (χ2v) is 32.8. The summed E-state index contributed by atoms with van der Waals surface area (Å²) < 4.78 is 68.8. The lowest BCUT2D eigenvalue weighted by molar-refractivity contribution is -0.161. The predicted molar refractivity (Wildman–Crippen MR) is 419 cm³/mol. The summed E-state index contributed by atoms with van der Waals surface area (Å²) in [5, 5.41) is 10.7. The van der Waals surface area contributed by atoms with Crippen LogP contribution in [0.1, 0.15) is 451 Å². The highest BCUT2D eigenvalue weighted by atomic mass is 31.2. The molecule has 0 bridgehead atoms. The Morgan fingerprint density at radius 2 is 0.392 bits per heavy atom. The van der Waals surface area contributed by atoms with Crippen LogP contribution in [0.3, 0.4) is 0 Å². The van der Waals surface area contributed by atoms with Crippen LogP contribution in [0.15, 0.2) is 0 Å². The molecule has 2 unspecified atom stereocenters. The summed E-state index contributed by atoms with van der Waals surface area (Å²) in [6, 6.07) is 0. The van der Waals surface area contributed by atoms with Crippen LogP contribution in [-0.2, 0) is 65.4 Å². The normalized spacial score (nSPS) is 13.8. The lowest BCUT2D eigenvalue weighted by Crippen LogP contribution is -2.30. The topological polar surface area (TPSA) is 237 Å². The third kappa shape index (κ3) is 76.3. The molecule has 0 rings (SSSR count). The summed E-state index contributed by atoms with van der Waals surface area (Å²) in [7, 11) is -9.92. The Balaban J connectivity index is 5.23. The summed E-state index contributed by atoms with van der Waals surface area (Å²) in [4.78, 5) is 73.1. The van der Waals surface area contributed by atoms with Crippen molar-refractivity contribution in [3.8, 4) is 0 Å². The van der Waals surface area contributed by atoms with E-state index in [0.717, 1.165) is 89.9 Å². The molecule has 0 aliphatic carbocycles. The Morgan fingerprint density at radius 1 is 0.235 bits per heavy atom. The molecule has 19 heteroatoms. The highest BCUT2D eigenvalue weighted by Gasteiger charge is 2.30. The molecule has 606 valence electrons. The van der Waals surface area contributed by atoms with Crippen molar-refractivity contribution in [1.82, 2.24) is 0 Å². The van der Waals surface area contributed by atoms with E-state index < -0.39 is 97.5 Å². The fourth-order valence-corrected chi connectivity index (χ4v) is 14.6. The van der Waals surface area contributed by atoms with Gasteiger partial charge in [0, 0.05) is 25.7 Å². The van der Waals surface area contributed by atoms with Crippen LogP contribution in [-0.4, -0.2) is 96.7 Å². The first-order valence-corrected chi connectivity index (χ1v) is 46.3. The number of aliphatic hydroxyl groups excluding tert-OH is 1. The number of esters is 4. The molecule has 0 spiro atoms. The van der Waals surface area contributed by atoms with Crippen LogP contribution >= 0.6 is 15.6 Å². The Hall–Kier alpha value is -1.94. The number of unbranched alkanes of at least 4 members (excludes halogenated alkanes) is 58. The number of carbonyl (C=O) groups excluding carboxylic acids is 4. The number of hydrogen-bond donors (Lipinski definition) is 3. The van der Waals surface area contributed by atoms with Crippen molar-refractivity contribution in [1.29, 1.82) is 0 Å². The number of ether oxygens (including phenoxy) is 4. The van der Waals surface area contributed by atoms with Crippen LogP contribution < -0.4 is 0 Å². The van der Waals surface area contributed by atoms with Gasteiger partial charge in [-0.2, -0.15) is 0 Å². The molecule has 0 aromatic rings. The monoisotopic (exact) mass is 1490 g/mol. The molecule has 0 aliphatic heterocycles. The minimum absolute atomic E-state index is 0.109. The fourth-order valence-electron chi connectivity index (χ4n) is 13.0. The maximum Gasteiger partial charge on any atom is 0.472 e. The van der Waals surface area contributed by atoms with Gasteiger partial charge in [-0.1, -0.05) is 400 Å². The van der Waals surface area contributed by atoms with E-state index in [1.807, 2.05) is 0 Å². The van der Waals surface area contributed by atoms with Gasteiger partial charge in [-0.15, -0.1) is 0 Å². The Kier molecular flexibility index (Phi) is 75.8. The quantitative estimate of drug-likeness (QED) is 0.0222. The molecule has 5 atom stereocenters. The van der Waals surface area contributed by atoms with E-state index in [-0.39, 0.29) is 25.7 Å². The zero-order chi connectivity index (χ0) is 74.6. The molecule has 0 fully saturated rings. The van der Waals surface area contributed by atoms with Gasteiger partial charge in [0.2, 0.25) is 0 Å². The van der Waals surface area contributed by atoms with Crippen molar-refractivity contribution in [2.75, 3.05) is 39.6 Å². The lowest BCUT2D eigenvalue weighted by atomic mass is 10.0. The van der Waals surface area contributed by atoms with Crippen LogP contribution in [0.4, 0.5) is 0 Å². The summed E-state index contributed by atoms with van der Waals surface area (Å²) in [6.07, 6.45) is 70.7. The third-order valence-corrected chi connectivity index (χ3v) is 21.5. The molecule has 0 heterocycles. The molecule has 0 saturated heterocycles. The van der Waals surface area contributed by atoms with Crippen LogP contribution in [0, 0.1) is 0 Å². The van der Waals surface area contributed by atoms with Gasteiger partial charge < -0.3 is 33.8 Å². The van der Waals surface area contributed by atoms with Gasteiger partial charge in [0.15, 0.2) is 12.2 Å². The number of carbonyl (C=O) groups is 4. The standard InChI is InChI=1S/C83H162O17P2/c1-5-9-13-17-21-25-29-33-36-37-38-39-40-41-42-46-50-54-58-62-66-70-83(88)100-79(74-94-81(86)68-64-60-56-52-48-44-34-30-26-22-18-14-10-6-2)76-98-102(91,92)96-72-77(84)71-95-101(89,90)97-75-78(73-93-80(85)67-63-59-55-51-47-43-32-28-24-20-16-12-8-4)99-82(87)69-65-61-57-53-49-45-35-31-27-23-19-15-11-7-3/h77-79,84H,5-76H2,1-4H3,(H,89,90)(H,91,92)/t77-,78+,79+/m0/s1. The zero-order valence-corrected chi connectivity index (χ0v) is 68.4. The number of rotatable bonds is 84. The highest BCUT2D eigenvalue weighted by Crippen LogP contribution is 2.45. The smallest absolute Gasteiger partial charge is 0.462 e. The minimum Gasteiger partial charge on any atom is -0.462 e. The van der Waals surface area contributed by atoms with Gasteiger partial charge in [-0.25, -0.2) is 9.13 Å². The molecule has 102 heavy (non-hydrogen) atoms. The van der Waals surface area contributed by atoms with E-state index >= 15 is 0 Å². The molecule has 0 amide bonds. The molecule has 3 N–H and O–H groups in total. The Bertz CT molecular complexity index is 1930. The largest absolute Gasteiger partial charge is 0.472 e. The maximum absolute atomic E-state index is 13.1. The average Bonchev–Trinajstić information content (AvgIpc) is 0.948. The minimum atomic E-state index is -4.96. The second-order valence-electron chi connectivity index (χ2n) is 29.9. The van der Waals surface area contributed by atoms with E-state index in [1.54, 1.807) is 0 Å². The van der Waals surface area contributed by atoms with Gasteiger partial charge in [-0.05, 0) is 25.7 Å². The Morgan fingerprint density at radius 3 is 0.578 bits per heavy atom. The van der Waals surface area contributed by atoms with E-state index in [2.05, 4.69) is 27.7 Å². The van der Waals surface area contributed by atoms with Crippen molar-refractivity contribution in [3.63, 3.8) is 0 Å². The first-order valence-electron chi connectivity index (χ1n) is 43.3. The lowest BCUT2D eigenvalue weighted by Gasteiger charge is -2.21.